The van der Waals surface area contributed by atoms with E-state index in [1.54, 1.807) is 6.92 Å². The van der Waals surface area contributed by atoms with Crippen LogP contribution in [0.15, 0.2) is 52.3 Å². The van der Waals surface area contributed by atoms with Gasteiger partial charge in [-0.25, -0.2) is 21.2 Å². The van der Waals surface area contributed by atoms with Crippen LogP contribution in [0.5, 0.6) is 5.75 Å². The van der Waals surface area contributed by atoms with Crippen molar-refractivity contribution in [2.45, 2.75) is 47.8 Å². The third kappa shape index (κ3) is 6.54. The van der Waals surface area contributed by atoms with Gasteiger partial charge in [0.05, 0.1) is 20.6 Å². The number of nitrogens with zero attached hydrogens (tertiary/aromatic N) is 1. The van der Waals surface area contributed by atoms with E-state index in [0.717, 1.165) is 30.5 Å². The number of carbonyl (C=O) groups is 1. The van der Waals surface area contributed by atoms with E-state index in [4.69, 9.17) is 0 Å². The fourth-order valence-corrected chi connectivity index (χ4v) is 6.60. The Kier molecular flexibility index (Phi) is 8.15. The van der Waals surface area contributed by atoms with E-state index in [-0.39, 0.29) is 35.2 Å². The molecule has 1 heterocycles. The molecule has 0 saturated carbocycles. The van der Waals surface area contributed by atoms with Crippen LogP contribution in [0.25, 0.3) is 0 Å². The van der Waals surface area contributed by atoms with Crippen molar-refractivity contribution in [3.05, 3.63) is 53.8 Å². The number of rotatable bonds is 8. The SMILES string of the molecule is CC(CC1CCN(C(=O)c2ccc(OC(F)F)cc2S(C)(=O)=O)CC1)S(=O)(=O)c1cccc(F)c1. The van der Waals surface area contributed by atoms with Crippen molar-refractivity contribution in [1.82, 2.24) is 4.90 Å². The number of hydrogen-bond donors (Lipinski definition) is 0. The minimum Gasteiger partial charge on any atom is -0.435 e. The first-order chi connectivity index (χ1) is 16.3. The van der Waals surface area contributed by atoms with Gasteiger partial charge in [-0.3, -0.25) is 4.79 Å². The molecular formula is C23H26F3NO6S2. The Hall–Kier alpha value is -2.60. The molecule has 1 aliphatic heterocycles. The molecule has 1 saturated heterocycles. The van der Waals surface area contributed by atoms with E-state index < -0.39 is 48.2 Å². The molecule has 1 aliphatic rings. The minimum atomic E-state index is -3.91. The second kappa shape index (κ2) is 10.6. The largest absolute Gasteiger partial charge is 0.435 e. The van der Waals surface area contributed by atoms with Gasteiger partial charge in [0.2, 0.25) is 0 Å². The summed E-state index contributed by atoms with van der Waals surface area (Å²) in [7, 11) is -7.63. The first kappa shape index (κ1) is 27.0. The zero-order valence-corrected chi connectivity index (χ0v) is 20.8. The molecule has 0 N–H and O–H groups in total. The van der Waals surface area contributed by atoms with Crippen molar-refractivity contribution >= 4 is 25.6 Å². The van der Waals surface area contributed by atoms with Crippen LogP contribution in [0.1, 0.15) is 36.5 Å². The van der Waals surface area contributed by atoms with Crippen LogP contribution in [0.3, 0.4) is 0 Å². The number of halogens is 3. The van der Waals surface area contributed by atoms with E-state index in [9.17, 15) is 34.8 Å². The van der Waals surface area contributed by atoms with Gasteiger partial charge >= 0.3 is 6.61 Å². The molecule has 0 bridgehead atoms. The van der Waals surface area contributed by atoms with E-state index >= 15 is 0 Å². The lowest BCUT2D eigenvalue weighted by Crippen LogP contribution is -2.40. The first-order valence-corrected chi connectivity index (χ1v) is 14.3. The van der Waals surface area contributed by atoms with Crippen LogP contribution in [0.2, 0.25) is 0 Å². The molecule has 3 rings (SSSR count). The number of benzene rings is 2. The number of likely N-dealkylation sites (tertiary alicyclic amines) is 1. The minimum absolute atomic E-state index is 0.00594. The molecule has 1 amide bonds. The van der Waals surface area contributed by atoms with E-state index in [1.807, 2.05) is 0 Å². The van der Waals surface area contributed by atoms with Gasteiger partial charge in [0.15, 0.2) is 19.7 Å². The Morgan fingerprint density at radius 2 is 1.74 bits per heavy atom. The van der Waals surface area contributed by atoms with Crippen LogP contribution in [0.4, 0.5) is 13.2 Å². The molecule has 0 aliphatic carbocycles. The number of ether oxygens (including phenoxy) is 1. The normalized spacial score (nSPS) is 16.3. The summed E-state index contributed by atoms with van der Waals surface area (Å²) >= 11 is 0. The van der Waals surface area contributed by atoms with Gasteiger partial charge in [-0.2, -0.15) is 8.78 Å². The van der Waals surface area contributed by atoms with Gasteiger partial charge in [-0.1, -0.05) is 6.07 Å². The Morgan fingerprint density at radius 3 is 2.31 bits per heavy atom. The molecule has 192 valence electrons. The van der Waals surface area contributed by atoms with Crippen LogP contribution in [-0.4, -0.2) is 58.8 Å². The zero-order valence-electron chi connectivity index (χ0n) is 19.2. The summed E-state index contributed by atoms with van der Waals surface area (Å²) < 4.78 is 92.7. The zero-order chi connectivity index (χ0) is 26.0. The number of alkyl halides is 2. The molecule has 2 aromatic rings. The van der Waals surface area contributed by atoms with Gasteiger partial charge in [-0.05, 0) is 68.5 Å². The average Bonchev–Trinajstić information content (AvgIpc) is 2.78. The smallest absolute Gasteiger partial charge is 0.387 e. The summed E-state index contributed by atoms with van der Waals surface area (Å²) in [5.74, 6) is -1.57. The average molecular weight is 534 g/mol. The molecule has 1 unspecified atom stereocenters. The molecule has 0 spiro atoms. The third-order valence-electron chi connectivity index (χ3n) is 6.03. The highest BCUT2D eigenvalue weighted by atomic mass is 32.2. The van der Waals surface area contributed by atoms with Crippen LogP contribution >= 0.6 is 0 Å². The van der Waals surface area contributed by atoms with Crippen LogP contribution < -0.4 is 4.74 Å². The predicted octanol–water partition coefficient (Wildman–Crippen LogP) is 3.94. The van der Waals surface area contributed by atoms with E-state index in [1.165, 1.54) is 23.1 Å². The lowest BCUT2D eigenvalue weighted by Gasteiger charge is -2.33. The van der Waals surface area contributed by atoms with Crippen molar-refractivity contribution in [3.63, 3.8) is 0 Å². The molecular weight excluding hydrogens is 507 g/mol. The van der Waals surface area contributed by atoms with Gasteiger partial charge in [-0.15, -0.1) is 0 Å². The Morgan fingerprint density at radius 1 is 1.09 bits per heavy atom. The molecule has 35 heavy (non-hydrogen) atoms. The quantitative estimate of drug-likeness (QED) is 0.510. The highest BCUT2D eigenvalue weighted by Gasteiger charge is 2.31. The van der Waals surface area contributed by atoms with Crippen LogP contribution in [0, 0.1) is 11.7 Å². The van der Waals surface area contributed by atoms with E-state index in [0.29, 0.717) is 19.3 Å². The lowest BCUT2D eigenvalue weighted by atomic mass is 9.92. The molecule has 0 radical (unpaired) electrons. The Bertz CT molecular complexity index is 1290. The number of piperidine rings is 1. The summed E-state index contributed by atoms with van der Waals surface area (Å²) in [6.45, 7) is -1.03. The molecule has 12 heteroatoms. The second-order valence-electron chi connectivity index (χ2n) is 8.59. The number of carbonyl (C=O) groups excluding carboxylic acids is 1. The van der Waals surface area contributed by atoms with Gasteiger partial charge < -0.3 is 9.64 Å². The number of amides is 1. The summed E-state index contributed by atoms with van der Waals surface area (Å²) in [6.07, 6.45) is 2.19. The maximum absolute atomic E-state index is 13.5. The fourth-order valence-electron chi connectivity index (χ4n) is 4.18. The topological polar surface area (TPSA) is 97.8 Å². The second-order valence-corrected chi connectivity index (χ2v) is 12.9. The standard InChI is InChI=1S/C23H26F3NO6S2/c1-15(35(31,32)19-5-3-4-17(24)13-19)12-16-8-10-27(11-9-16)22(28)20-7-6-18(33-23(25)26)14-21(20)34(2,29)30/h3-7,13-16,23H,8-12H2,1-2H3. The Balaban J connectivity index is 1.68. The summed E-state index contributed by atoms with van der Waals surface area (Å²) in [5, 5.41) is -0.754. The van der Waals surface area contributed by atoms with Crippen molar-refractivity contribution in [3.8, 4) is 5.75 Å². The predicted molar refractivity (Wildman–Crippen MR) is 122 cm³/mol. The van der Waals surface area contributed by atoms with Gasteiger partial charge in [0.25, 0.3) is 5.91 Å². The summed E-state index contributed by atoms with van der Waals surface area (Å²) in [6, 6.07) is 8.02. The molecule has 1 atom stereocenters. The third-order valence-corrected chi connectivity index (χ3v) is 9.33. The number of hydrogen-bond acceptors (Lipinski definition) is 6. The van der Waals surface area contributed by atoms with Crippen molar-refractivity contribution < 1.29 is 39.5 Å². The summed E-state index contributed by atoms with van der Waals surface area (Å²) in [4.78, 5) is 14.0. The lowest BCUT2D eigenvalue weighted by molar-refractivity contribution is -0.0500. The molecule has 7 nitrogen and oxygen atoms in total. The van der Waals surface area contributed by atoms with Gasteiger partial charge in [0.1, 0.15) is 11.6 Å². The molecule has 2 aromatic carbocycles. The maximum atomic E-state index is 13.5. The monoisotopic (exact) mass is 533 g/mol. The molecule has 0 aromatic heterocycles. The first-order valence-electron chi connectivity index (χ1n) is 10.9. The van der Waals surface area contributed by atoms with Crippen molar-refractivity contribution in [2.75, 3.05) is 19.3 Å². The Labute approximate surface area is 202 Å². The van der Waals surface area contributed by atoms with E-state index in [2.05, 4.69) is 4.74 Å². The van der Waals surface area contributed by atoms with Gasteiger partial charge in [0, 0.05) is 19.3 Å². The maximum Gasteiger partial charge on any atom is 0.387 e. The van der Waals surface area contributed by atoms with Crippen LogP contribution in [-0.2, 0) is 19.7 Å². The fraction of sp³-hybridized carbons (Fsp3) is 0.435. The molecule has 1 fully saturated rings. The summed E-state index contributed by atoms with van der Waals surface area (Å²) in [5.41, 5.74) is -0.144. The highest BCUT2D eigenvalue weighted by Crippen LogP contribution is 2.30. The van der Waals surface area contributed by atoms with Crippen molar-refractivity contribution in [1.29, 1.82) is 0 Å². The van der Waals surface area contributed by atoms with Crippen molar-refractivity contribution in [2.24, 2.45) is 5.92 Å². The highest BCUT2D eigenvalue weighted by molar-refractivity contribution is 7.92. The number of sulfone groups is 2.